The highest BCUT2D eigenvalue weighted by Gasteiger charge is 2.13. The molecule has 0 fully saturated rings. The molecule has 0 saturated carbocycles. The Labute approximate surface area is 88.4 Å². The van der Waals surface area contributed by atoms with E-state index in [9.17, 15) is 4.79 Å². The fourth-order valence-electron chi connectivity index (χ4n) is 1.63. The van der Waals surface area contributed by atoms with Gasteiger partial charge in [-0.25, -0.2) is 0 Å². The van der Waals surface area contributed by atoms with E-state index in [2.05, 4.69) is 5.10 Å². The van der Waals surface area contributed by atoms with Gasteiger partial charge in [0.05, 0.1) is 17.5 Å². The smallest absolute Gasteiger partial charge is 0.163 e. The van der Waals surface area contributed by atoms with E-state index in [1.807, 2.05) is 37.4 Å². The van der Waals surface area contributed by atoms with E-state index in [1.165, 1.54) is 0 Å². The lowest BCUT2D eigenvalue weighted by Crippen LogP contribution is -1.98. The summed E-state index contributed by atoms with van der Waals surface area (Å²) in [7, 11) is 1.84. The Hall–Kier alpha value is -1.90. The maximum absolute atomic E-state index is 11.4. The second-order valence-corrected chi connectivity index (χ2v) is 3.45. The molecule has 3 heteroatoms. The molecule has 0 bridgehead atoms. The van der Waals surface area contributed by atoms with Crippen molar-refractivity contribution in [2.24, 2.45) is 7.05 Å². The van der Waals surface area contributed by atoms with E-state index in [4.69, 9.17) is 0 Å². The molecule has 1 heterocycles. The Balaban J connectivity index is 2.62. The highest BCUT2D eigenvalue weighted by Crippen LogP contribution is 2.22. The van der Waals surface area contributed by atoms with E-state index in [0.29, 0.717) is 5.56 Å². The van der Waals surface area contributed by atoms with Crippen LogP contribution in [0.3, 0.4) is 0 Å². The number of benzene rings is 1. The summed E-state index contributed by atoms with van der Waals surface area (Å²) in [4.78, 5) is 11.4. The highest BCUT2D eigenvalue weighted by molar-refractivity contribution is 5.99. The van der Waals surface area contributed by atoms with Gasteiger partial charge in [0.1, 0.15) is 0 Å². The first-order chi connectivity index (χ1) is 7.20. The number of Topliss-reactive ketones (excluding diaryl/α,β-unsaturated/α-hetero) is 1. The van der Waals surface area contributed by atoms with Gasteiger partial charge < -0.3 is 0 Å². The van der Waals surface area contributed by atoms with Crippen molar-refractivity contribution in [3.8, 4) is 11.3 Å². The fourth-order valence-corrected chi connectivity index (χ4v) is 1.63. The van der Waals surface area contributed by atoms with Crippen LogP contribution in [0.4, 0.5) is 0 Å². The molecule has 2 rings (SSSR count). The van der Waals surface area contributed by atoms with Gasteiger partial charge in [0, 0.05) is 12.6 Å². The number of carbonyl (C=O) groups is 1. The number of nitrogens with zero attached hydrogens (tertiary/aromatic N) is 2. The molecular weight excluding hydrogens is 188 g/mol. The Morgan fingerprint density at radius 2 is 1.93 bits per heavy atom. The van der Waals surface area contributed by atoms with Crippen molar-refractivity contribution in [3.05, 3.63) is 42.1 Å². The first-order valence-corrected chi connectivity index (χ1v) is 4.78. The van der Waals surface area contributed by atoms with Crippen LogP contribution in [-0.4, -0.2) is 15.6 Å². The molecule has 15 heavy (non-hydrogen) atoms. The second-order valence-electron chi connectivity index (χ2n) is 3.45. The number of aryl methyl sites for hydroxylation is 1. The number of aromatic nitrogens is 2. The second kappa shape index (κ2) is 3.69. The molecule has 0 aliphatic carbocycles. The van der Waals surface area contributed by atoms with Gasteiger partial charge in [-0.05, 0) is 6.92 Å². The summed E-state index contributed by atoms with van der Waals surface area (Å²) < 4.78 is 1.73. The number of carbonyl (C=O) groups excluding carboxylic acids is 1. The number of rotatable bonds is 2. The average Bonchev–Trinajstić information content (AvgIpc) is 2.61. The van der Waals surface area contributed by atoms with E-state index in [0.717, 1.165) is 11.3 Å². The van der Waals surface area contributed by atoms with Crippen LogP contribution in [0, 0.1) is 0 Å². The minimum absolute atomic E-state index is 0.0435. The number of hydrogen-bond acceptors (Lipinski definition) is 2. The first-order valence-electron chi connectivity index (χ1n) is 4.78. The van der Waals surface area contributed by atoms with Crippen molar-refractivity contribution < 1.29 is 4.79 Å². The lowest BCUT2D eigenvalue weighted by Gasteiger charge is -2.03. The van der Waals surface area contributed by atoms with Crippen LogP contribution in [0.1, 0.15) is 17.3 Å². The SMILES string of the molecule is CC(=O)c1cnn(C)c1-c1ccccc1. The minimum Gasteiger partial charge on any atom is -0.294 e. The van der Waals surface area contributed by atoms with Gasteiger partial charge in [-0.3, -0.25) is 9.48 Å². The van der Waals surface area contributed by atoms with Crippen LogP contribution in [0.25, 0.3) is 11.3 Å². The molecule has 3 nitrogen and oxygen atoms in total. The normalized spacial score (nSPS) is 10.3. The van der Waals surface area contributed by atoms with Gasteiger partial charge in [0.15, 0.2) is 5.78 Å². The summed E-state index contributed by atoms with van der Waals surface area (Å²) in [6.45, 7) is 1.56. The van der Waals surface area contributed by atoms with Crippen LogP contribution in [-0.2, 0) is 7.05 Å². The molecule has 0 saturated heterocycles. The molecule has 0 amide bonds. The summed E-state index contributed by atoms with van der Waals surface area (Å²) in [6.07, 6.45) is 1.62. The number of ketones is 1. The van der Waals surface area contributed by atoms with Gasteiger partial charge in [-0.15, -0.1) is 0 Å². The molecule has 0 N–H and O–H groups in total. The van der Waals surface area contributed by atoms with Crippen molar-refractivity contribution >= 4 is 5.78 Å². The quantitative estimate of drug-likeness (QED) is 0.697. The lowest BCUT2D eigenvalue weighted by atomic mass is 10.1. The summed E-state index contributed by atoms with van der Waals surface area (Å²) >= 11 is 0. The maximum Gasteiger partial charge on any atom is 0.163 e. The standard InChI is InChI=1S/C12H12N2O/c1-9(15)11-8-13-14(2)12(11)10-6-4-3-5-7-10/h3-8H,1-2H3. The highest BCUT2D eigenvalue weighted by atomic mass is 16.1. The van der Waals surface area contributed by atoms with Crippen LogP contribution >= 0.6 is 0 Å². The summed E-state index contributed by atoms with van der Waals surface area (Å²) in [5.41, 5.74) is 2.56. The van der Waals surface area contributed by atoms with E-state index < -0.39 is 0 Å². The van der Waals surface area contributed by atoms with Gasteiger partial charge in [0.25, 0.3) is 0 Å². The molecule has 0 unspecified atom stereocenters. The third kappa shape index (κ3) is 1.68. The van der Waals surface area contributed by atoms with Crippen molar-refractivity contribution in [2.45, 2.75) is 6.92 Å². The average molecular weight is 200 g/mol. The molecule has 0 spiro atoms. The summed E-state index contributed by atoms with van der Waals surface area (Å²) in [5, 5.41) is 4.11. The molecule has 76 valence electrons. The van der Waals surface area contributed by atoms with Gasteiger partial charge in [-0.2, -0.15) is 5.10 Å². The van der Waals surface area contributed by atoms with Crippen molar-refractivity contribution in [3.63, 3.8) is 0 Å². The van der Waals surface area contributed by atoms with Crippen molar-refractivity contribution in [2.75, 3.05) is 0 Å². The number of hydrogen-bond donors (Lipinski definition) is 0. The Morgan fingerprint density at radius 1 is 1.27 bits per heavy atom. The predicted octanol–water partition coefficient (Wildman–Crippen LogP) is 2.29. The Bertz CT molecular complexity index is 486. The Morgan fingerprint density at radius 3 is 2.53 bits per heavy atom. The fraction of sp³-hybridized carbons (Fsp3) is 0.167. The molecule has 2 aromatic rings. The molecule has 0 aliphatic rings. The van der Waals surface area contributed by atoms with E-state index >= 15 is 0 Å². The maximum atomic E-state index is 11.4. The summed E-state index contributed by atoms with van der Waals surface area (Å²) in [6, 6.07) is 9.80. The first kappa shape index (κ1) is 9.65. The molecule has 0 atom stereocenters. The van der Waals surface area contributed by atoms with Gasteiger partial charge in [-0.1, -0.05) is 30.3 Å². The molecule has 1 aromatic carbocycles. The van der Waals surface area contributed by atoms with Crippen molar-refractivity contribution in [1.29, 1.82) is 0 Å². The Kier molecular flexibility index (Phi) is 2.37. The zero-order valence-corrected chi connectivity index (χ0v) is 8.77. The van der Waals surface area contributed by atoms with Crippen molar-refractivity contribution in [1.82, 2.24) is 9.78 Å². The molecule has 1 aromatic heterocycles. The van der Waals surface area contributed by atoms with Crippen LogP contribution < -0.4 is 0 Å². The van der Waals surface area contributed by atoms with Gasteiger partial charge in [0.2, 0.25) is 0 Å². The topological polar surface area (TPSA) is 34.9 Å². The zero-order valence-electron chi connectivity index (χ0n) is 8.77. The third-order valence-electron chi connectivity index (χ3n) is 2.37. The predicted molar refractivity (Wildman–Crippen MR) is 58.6 cm³/mol. The van der Waals surface area contributed by atoms with Crippen LogP contribution in [0.5, 0.6) is 0 Å². The third-order valence-corrected chi connectivity index (χ3v) is 2.37. The molecule has 0 aliphatic heterocycles. The minimum atomic E-state index is 0.0435. The van der Waals surface area contributed by atoms with E-state index in [1.54, 1.807) is 17.8 Å². The van der Waals surface area contributed by atoms with Crippen LogP contribution in [0.15, 0.2) is 36.5 Å². The van der Waals surface area contributed by atoms with Gasteiger partial charge >= 0.3 is 0 Å². The van der Waals surface area contributed by atoms with Crippen LogP contribution in [0.2, 0.25) is 0 Å². The van der Waals surface area contributed by atoms with E-state index in [-0.39, 0.29) is 5.78 Å². The molecular formula is C12H12N2O. The summed E-state index contributed by atoms with van der Waals surface area (Å²) in [5.74, 6) is 0.0435. The zero-order chi connectivity index (χ0) is 10.8. The lowest BCUT2D eigenvalue weighted by molar-refractivity contribution is 0.101. The molecule has 0 radical (unpaired) electrons. The monoisotopic (exact) mass is 200 g/mol. The largest absolute Gasteiger partial charge is 0.294 e.